The maximum atomic E-state index is 11.5. The molecular weight excluding hydrogens is 244 g/mol. The molecule has 0 saturated carbocycles. The van der Waals surface area contributed by atoms with Gasteiger partial charge in [-0.3, -0.25) is 9.78 Å². The number of amides is 1. The van der Waals surface area contributed by atoms with Crippen LogP contribution in [0.3, 0.4) is 0 Å². The van der Waals surface area contributed by atoms with Gasteiger partial charge >= 0.3 is 0 Å². The summed E-state index contributed by atoms with van der Waals surface area (Å²) in [5.41, 5.74) is 1.96. The van der Waals surface area contributed by atoms with Gasteiger partial charge in [-0.05, 0) is 36.6 Å². The fourth-order valence-corrected chi connectivity index (χ4v) is 1.45. The summed E-state index contributed by atoms with van der Waals surface area (Å²) < 4.78 is 5.08. The molecule has 1 aromatic heterocycles. The molecule has 0 bridgehead atoms. The van der Waals surface area contributed by atoms with E-state index < -0.39 is 0 Å². The number of hydrogen-bond donors (Lipinski definition) is 2. The van der Waals surface area contributed by atoms with Gasteiger partial charge in [0.25, 0.3) is 0 Å². The number of nitrogens with zero attached hydrogens (tertiary/aromatic N) is 1. The fourth-order valence-electron chi connectivity index (χ4n) is 1.45. The highest BCUT2D eigenvalue weighted by molar-refractivity contribution is 5.91. The van der Waals surface area contributed by atoms with Gasteiger partial charge < -0.3 is 15.2 Å². The van der Waals surface area contributed by atoms with Gasteiger partial charge in [-0.2, -0.15) is 0 Å². The van der Waals surface area contributed by atoms with E-state index >= 15 is 0 Å². The minimum absolute atomic E-state index is 0.0274. The number of rotatable bonds is 8. The number of carbonyl (C=O) groups is 1. The third kappa shape index (κ3) is 7.33. The Hall–Kier alpha value is -1.72. The van der Waals surface area contributed by atoms with Crippen molar-refractivity contribution in [2.75, 3.05) is 26.4 Å². The number of aliphatic hydroxyl groups is 1. The van der Waals surface area contributed by atoms with Crippen LogP contribution in [0.5, 0.6) is 0 Å². The molecular formula is C14H20N2O3. The van der Waals surface area contributed by atoms with Gasteiger partial charge in [0.05, 0.1) is 13.2 Å². The molecule has 19 heavy (non-hydrogen) atoms. The lowest BCUT2D eigenvalue weighted by molar-refractivity contribution is -0.116. The van der Waals surface area contributed by atoms with Crippen LogP contribution in [0.4, 0.5) is 0 Å². The highest BCUT2D eigenvalue weighted by atomic mass is 16.5. The zero-order chi connectivity index (χ0) is 13.9. The first-order valence-electron chi connectivity index (χ1n) is 6.28. The Bertz CT molecular complexity index is 419. The molecule has 0 aliphatic rings. The molecule has 0 atom stereocenters. The van der Waals surface area contributed by atoms with E-state index in [0.29, 0.717) is 19.8 Å². The van der Waals surface area contributed by atoms with Crippen LogP contribution in [0.2, 0.25) is 0 Å². The Labute approximate surface area is 113 Å². The van der Waals surface area contributed by atoms with Crippen LogP contribution >= 0.6 is 0 Å². The lowest BCUT2D eigenvalue weighted by Crippen LogP contribution is -2.23. The summed E-state index contributed by atoms with van der Waals surface area (Å²) in [6.45, 7) is 3.41. The number of nitrogens with one attached hydrogen (secondary N) is 1. The van der Waals surface area contributed by atoms with E-state index in [4.69, 9.17) is 9.84 Å². The minimum atomic E-state index is -0.135. The van der Waals surface area contributed by atoms with Crippen LogP contribution < -0.4 is 5.32 Å². The molecule has 0 unspecified atom stereocenters. The van der Waals surface area contributed by atoms with E-state index in [1.165, 1.54) is 6.08 Å². The average Bonchev–Trinajstić information content (AvgIpc) is 2.40. The predicted octanol–water partition coefficient (Wildman–Crippen LogP) is 0.918. The molecule has 104 valence electrons. The molecule has 5 nitrogen and oxygen atoms in total. The summed E-state index contributed by atoms with van der Waals surface area (Å²) in [7, 11) is 0. The first-order valence-corrected chi connectivity index (χ1v) is 6.28. The largest absolute Gasteiger partial charge is 0.394 e. The topological polar surface area (TPSA) is 71.5 Å². The van der Waals surface area contributed by atoms with Crippen molar-refractivity contribution in [2.24, 2.45) is 0 Å². The van der Waals surface area contributed by atoms with Crippen molar-refractivity contribution in [3.8, 4) is 0 Å². The highest BCUT2D eigenvalue weighted by Gasteiger charge is 1.95. The molecule has 2 N–H and O–H groups in total. The molecule has 1 aromatic rings. The average molecular weight is 264 g/mol. The van der Waals surface area contributed by atoms with Gasteiger partial charge in [0.2, 0.25) is 5.91 Å². The van der Waals surface area contributed by atoms with Crippen LogP contribution in [0.15, 0.2) is 24.5 Å². The van der Waals surface area contributed by atoms with Crippen molar-refractivity contribution in [2.45, 2.75) is 13.3 Å². The molecule has 0 aliphatic carbocycles. The van der Waals surface area contributed by atoms with Crippen molar-refractivity contribution in [1.29, 1.82) is 0 Å². The quantitative estimate of drug-likeness (QED) is 0.541. The number of carbonyl (C=O) groups excluding carboxylic acids is 1. The number of ether oxygens (including phenoxy) is 1. The Morgan fingerprint density at radius 1 is 1.47 bits per heavy atom. The van der Waals surface area contributed by atoms with Crippen LogP contribution in [0.1, 0.15) is 17.5 Å². The van der Waals surface area contributed by atoms with Gasteiger partial charge in [-0.25, -0.2) is 0 Å². The van der Waals surface area contributed by atoms with Crippen LogP contribution in [0.25, 0.3) is 6.08 Å². The third-order valence-electron chi connectivity index (χ3n) is 2.32. The van der Waals surface area contributed by atoms with E-state index in [9.17, 15) is 4.79 Å². The smallest absolute Gasteiger partial charge is 0.244 e. The van der Waals surface area contributed by atoms with Crippen molar-refractivity contribution >= 4 is 12.0 Å². The predicted molar refractivity (Wildman–Crippen MR) is 73.5 cm³/mol. The second kappa shape index (κ2) is 9.24. The molecule has 5 heteroatoms. The minimum Gasteiger partial charge on any atom is -0.394 e. The van der Waals surface area contributed by atoms with Gasteiger partial charge in [0.15, 0.2) is 0 Å². The van der Waals surface area contributed by atoms with Crippen molar-refractivity contribution in [3.05, 3.63) is 35.7 Å². The standard InChI is InChI=1S/C14H20N2O3/c1-12-9-13(11-15-10-12)3-4-14(18)16-5-2-7-19-8-6-17/h3-4,9-11,17H,2,5-8H2,1H3,(H,16,18)/b4-3+. The SMILES string of the molecule is Cc1cncc(/C=C/C(=O)NCCCOCCO)c1. The first kappa shape index (κ1) is 15.3. The van der Waals surface area contributed by atoms with Crippen molar-refractivity contribution < 1.29 is 14.6 Å². The Kier molecular flexibility index (Phi) is 7.46. The fraction of sp³-hybridized carbons (Fsp3) is 0.429. The maximum Gasteiger partial charge on any atom is 0.244 e. The van der Waals surface area contributed by atoms with E-state index in [-0.39, 0.29) is 12.5 Å². The van der Waals surface area contributed by atoms with Crippen molar-refractivity contribution in [3.63, 3.8) is 0 Å². The molecule has 0 spiro atoms. The van der Waals surface area contributed by atoms with E-state index in [1.807, 2.05) is 13.0 Å². The van der Waals surface area contributed by atoms with Crippen LogP contribution in [-0.4, -0.2) is 42.4 Å². The second-order valence-corrected chi connectivity index (χ2v) is 4.11. The maximum absolute atomic E-state index is 11.5. The molecule has 0 radical (unpaired) electrons. The van der Waals surface area contributed by atoms with Gasteiger partial charge in [0.1, 0.15) is 0 Å². The summed E-state index contributed by atoms with van der Waals surface area (Å²) >= 11 is 0. The molecule has 1 rings (SSSR count). The molecule has 1 heterocycles. The third-order valence-corrected chi connectivity index (χ3v) is 2.32. The number of aryl methyl sites for hydroxylation is 1. The van der Waals surface area contributed by atoms with E-state index in [2.05, 4.69) is 10.3 Å². The Morgan fingerprint density at radius 2 is 2.32 bits per heavy atom. The normalized spacial score (nSPS) is 10.8. The summed E-state index contributed by atoms with van der Waals surface area (Å²) in [5.74, 6) is -0.135. The summed E-state index contributed by atoms with van der Waals surface area (Å²) in [6.07, 6.45) is 7.43. The number of aliphatic hydroxyl groups excluding tert-OH is 1. The van der Waals surface area contributed by atoms with Crippen molar-refractivity contribution in [1.82, 2.24) is 10.3 Å². The van der Waals surface area contributed by atoms with Crippen LogP contribution in [-0.2, 0) is 9.53 Å². The van der Waals surface area contributed by atoms with Gasteiger partial charge in [0, 0.05) is 31.6 Å². The van der Waals surface area contributed by atoms with E-state index in [1.54, 1.807) is 18.5 Å². The van der Waals surface area contributed by atoms with E-state index in [0.717, 1.165) is 17.5 Å². The molecule has 0 aliphatic heterocycles. The monoisotopic (exact) mass is 264 g/mol. The highest BCUT2D eigenvalue weighted by Crippen LogP contribution is 2.02. The summed E-state index contributed by atoms with van der Waals surface area (Å²) in [6, 6.07) is 1.96. The Morgan fingerprint density at radius 3 is 3.05 bits per heavy atom. The molecule has 0 aromatic carbocycles. The summed E-state index contributed by atoms with van der Waals surface area (Å²) in [4.78, 5) is 15.5. The number of hydrogen-bond acceptors (Lipinski definition) is 4. The lowest BCUT2D eigenvalue weighted by Gasteiger charge is -2.03. The Balaban J connectivity index is 2.20. The molecule has 0 saturated heterocycles. The number of pyridine rings is 1. The van der Waals surface area contributed by atoms with Crippen LogP contribution in [0, 0.1) is 6.92 Å². The zero-order valence-electron chi connectivity index (χ0n) is 11.1. The van der Waals surface area contributed by atoms with Gasteiger partial charge in [-0.1, -0.05) is 0 Å². The number of aromatic nitrogens is 1. The second-order valence-electron chi connectivity index (χ2n) is 4.11. The zero-order valence-corrected chi connectivity index (χ0v) is 11.1. The molecule has 0 fully saturated rings. The van der Waals surface area contributed by atoms with Gasteiger partial charge in [-0.15, -0.1) is 0 Å². The first-order chi connectivity index (χ1) is 9.22. The lowest BCUT2D eigenvalue weighted by atomic mass is 10.2. The molecule has 1 amide bonds. The summed E-state index contributed by atoms with van der Waals surface area (Å²) in [5, 5.41) is 11.3.